The van der Waals surface area contributed by atoms with Crippen LogP contribution >= 0.6 is 7.82 Å². The van der Waals surface area contributed by atoms with Gasteiger partial charge in [0.25, 0.3) is 0 Å². The van der Waals surface area contributed by atoms with E-state index in [1.54, 1.807) is 12.1 Å². The first-order chi connectivity index (χ1) is 9.15. The molecule has 1 heterocycles. The zero-order valence-corrected chi connectivity index (χ0v) is 12.1. The van der Waals surface area contributed by atoms with E-state index < -0.39 is 13.5 Å². The lowest BCUT2D eigenvalue weighted by atomic mass is 10.1. The number of benzene rings is 1. The van der Waals surface area contributed by atoms with Crippen LogP contribution in [-0.2, 0) is 15.8 Å². The highest BCUT2D eigenvalue weighted by molar-refractivity contribution is 7.46. The van der Waals surface area contributed by atoms with E-state index in [4.69, 9.17) is 9.79 Å². The van der Waals surface area contributed by atoms with Gasteiger partial charge in [-0.15, -0.1) is 0 Å². The van der Waals surface area contributed by atoms with Gasteiger partial charge in [0, 0.05) is 0 Å². The normalized spacial score (nSPS) is 21.6. The molecule has 0 radical (unpaired) electrons. The number of nitrogens with one attached hydrogen (secondary N) is 2. The van der Waals surface area contributed by atoms with Crippen LogP contribution in [0.4, 0.5) is 0 Å². The third-order valence-electron chi connectivity index (χ3n) is 2.87. The molecule has 20 heavy (non-hydrogen) atoms. The summed E-state index contributed by atoms with van der Waals surface area (Å²) in [6.45, 7) is 3.75. The molecule has 1 aromatic carbocycles. The van der Waals surface area contributed by atoms with Gasteiger partial charge in [-0.2, -0.15) is 0 Å². The van der Waals surface area contributed by atoms with Crippen molar-refractivity contribution >= 4 is 13.7 Å². The lowest BCUT2D eigenvalue weighted by Crippen LogP contribution is -2.44. The summed E-state index contributed by atoms with van der Waals surface area (Å²) in [5, 5.41) is 5.99. The Morgan fingerprint density at radius 2 is 1.90 bits per heavy atom. The predicted octanol–water partition coefficient (Wildman–Crippen LogP) is 0.525. The smallest absolute Gasteiger partial charge is 0.404 e. The van der Waals surface area contributed by atoms with Crippen molar-refractivity contribution in [2.24, 2.45) is 0 Å². The molecule has 110 valence electrons. The largest absolute Gasteiger partial charge is 0.524 e. The molecule has 0 spiro atoms. The van der Waals surface area contributed by atoms with E-state index in [9.17, 15) is 9.36 Å². The van der Waals surface area contributed by atoms with Gasteiger partial charge < -0.3 is 9.84 Å². The topological polar surface area (TPSA) is 108 Å². The maximum atomic E-state index is 11.7. The average molecular weight is 300 g/mol. The quantitative estimate of drug-likeness (QED) is 0.604. The molecule has 0 bridgehead atoms. The Kier molecular flexibility index (Phi) is 3.88. The lowest BCUT2D eigenvalue weighted by molar-refractivity contribution is -0.120. The highest BCUT2D eigenvalue weighted by Gasteiger charge is 2.36. The Bertz CT molecular complexity index is 551. The van der Waals surface area contributed by atoms with Crippen LogP contribution in [0, 0.1) is 0 Å². The minimum atomic E-state index is -4.54. The highest BCUT2D eigenvalue weighted by atomic mass is 31.2. The Balaban J connectivity index is 2.01. The number of phosphoric ester groups is 1. The van der Waals surface area contributed by atoms with Gasteiger partial charge >= 0.3 is 7.82 Å². The first-order valence-corrected chi connectivity index (χ1v) is 7.61. The maximum absolute atomic E-state index is 11.7. The molecular weight excluding hydrogens is 283 g/mol. The van der Waals surface area contributed by atoms with Crippen molar-refractivity contribution < 1.29 is 23.7 Å². The molecule has 4 N–H and O–H groups in total. The number of carbonyl (C=O) groups excluding carboxylic acids is 1. The fourth-order valence-electron chi connectivity index (χ4n) is 2.14. The van der Waals surface area contributed by atoms with Crippen LogP contribution in [0.3, 0.4) is 0 Å². The maximum Gasteiger partial charge on any atom is 0.524 e. The summed E-state index contributed by atoms with van der Waals surface area (Å²) in [5.74, 6) is 0.0248. The van der Waals surface area contributed by atoms with Gasteiger partial charge in [-0.25, -0.2) is 4.57 Å². The standard InChI is InChI=1S/C12H17N2O5P/c1-12(2)13-10(11(15)14-12)7-8-3-5-9(6-4-8)19-20(16,17)18/h3-6,10,13H,7H2,1-2H3,(H,14,15)(H2,16,17,18)/t10-/m0/s1. The fourth-order valence-corrected chi connectivity index (χ4v) is 2.53. The first-order valence-electron chi connectivity index (χ1n) is 6.08. The van der Waals surface area contributed by atoms with Gasteiger partial charge in [-0.1, -0.05) is 12.1 Å². The summed E-state index contributed by atoms with van der Waals surface area (Å²) in [7, 11) is -4.54. The molecule has 1 saturated heterocycles. The zero-order valence-electron chi connectivity index (χ0n) is 11.2. The van der Waals surface area contributed by atoms with Gasteiger partial charge in [-0.3, -0.25) is 19.9 Å². The lowest BCUT2D eigenvalue weighted by Gasteiger charge is -2.18. The number of carbonyl (C=O) groups is 1. The molecule has 0 aromatic heterocycles. The van der Waals surface area contributed by atoms with E-state index >= 15 is 0 Å². The van der Waals surface area contributed by atoms with E-state index in [1.165, 1.54) is 12.1 Å². The van der Waals surface area contributed by atoms with Gasteiger partial charge in [0.2, 0.25) is 5.91 Å². The van der Waals surface area contributed by atoms with Crippen molar-refractivity contribution in [3.05, 3.63) is 29.8 Å². The van der Waals surface area contributed by atoms with E-state index in [0.717, 1.165) is 5.56 Å². The molecule has 1 fully saturated rings. The second-order valence-electron chi connectivity index (χ2n) is 5.24. The van der Waals surface area contributed by atoms with Crippen LogP contribution in [0.25, 0.3) is 0 Å². The SMILES string of the molecule is CC1(C)NC(=O)[C@H](Cc2ccc(OP(=O)(O)O)cc2)N1. The molecule has 0 aliphatic carbocycles. The monoisotopic (exact) mass is 300 g/mol. The fraction of sp³-hybridized carbons (Fsp3) is 0.417. The van der Waals surface area contributed by atoms with Crippen LogP contribution in [0.1, 0.15) is 19.4 Å². The molecule has 1 amide bonds. The second-order valence-corrected chi connectivity index (χ2v) is 6.40. The Labute approximate surface area is 116 Å². The second kappa shape index (κ2) is 5.18. The Morgan fingerprint density at radius 3 is 2.35 bits per heavy atom. The zero-order chi connectivity index (χ0) is 15.0. The summed E-state index contributed by atoms with van der Waals surface area (Å²) < 4.78 is 15.1. The van der Waals surface area contributed by atoms with Crippen molar-refractivity contribution in [1.29, 1.82) is 0 Å². The summed E-state index contributed by atoms with van der Waals surface area (Å²) in [6.07, 6.45) is 0.492. The number of phosphoric acid groups is 1. The van der Waals surface area contributed by atoms with Crippen LogP contribution < -0.4 is 15.2 Å². The van der Waals surface area contributed by atoms with Crippen LogP contribution in [-0.4, -0.2) is 27.4 Å². The molecule has 1 aromatic rings. The van der Waals surface area contributed by atoms with Gasteiger partial charge in [-0.05, 0) is 38.0 Å². The molecule has 8 heteroatoms. The van der Waals surface area contributed by atoms with Crippen LogP contribution in [0.5, 0.6) is 5.75 Å². The molecule has 1 aliphatic heterocycles. The minimum Gasteiger partial charge on any atom is -0.404 e. The van der Waals surface area contributed by atoms with E-state index in [2.05, 4.69) is 15.2 Å². The third kappa shape index (κ3) is 4.05. The molecule has 1 atom stereocenters. The van der Waals surface area contributed by atoms with Crippen molar-refractivity contribution in [3.63, 3.8) is 0 Å². The van der Waals surface area contributed by atoms with Crippen molar-refractivity contribution in [2.45, 2.75) is 32.0 Å². The summed E-state index contributed by atoms with van der Waals surface area (Å²) in [5.41, 5.74) is 0.444. The molecule has 7 nitrogen and oxygen atoms in total. The van der Waals surface area contributed by atoms with Gasteiger partial charge in [0.15, 0.2) is 0 Å². The van der Waals surface area contributed by atoms with Crippen molar-refractivity contribution in [2.75, 3.05) is 0 Å². The molecule has 1 aliphatic rings. The first kappa shape index (κ1) is 15.0. The predicted molar refractivity (Wildman–Crippen MR) is 72.0 cm³/mol. The Hall–Kier alpha value is -1.40. The van der Waals surface area contributed by atoms with E-state index in [-0.39, 0.29) is 17.7 Å². The van der Waals surface area contributed by atoms with E-state index in [1.807, 2.05) is 13.8 Å². The van der Waals surface area contributed by atoms with Gasteiger partial charge in [0.1, 0.15) is 5.75 Å². The highest BCUT2D eigenvalue weighted by Crippen LogP contribution is 2.37. The molecule has 0 saturated carbocycles. The Morgan fingerprint density at radius 1 is 1.30 bits per heavy atom. The number of amides is 1. The van der Waals surface area contributed by atoms with Crippen LogP contribution in [0.2, 0.25) is 0 Å². The summed E-state index contributed by atoms with van der Waals surface area (Å²) in [4.78, 5) is 29.1. The van der Waals surface area contributed by atoms with Crippen molar-refractivity contribution in [3.8, 4) is 5.75 Å². The molecular formula is C12H17N2O5P. The third-order valence-corrected chi connectivity index (χ3v) is 3.32. The summed E-state index contributed by atoms with van der Waals surface area (Å²) in [6, 6.07) is 5.95. The number of hydrogen-bond donors (Lipinski definition) is 4. The minimum absolute atomic E-state index is 0.0643. The molecule has 0 unspecified atom stereocenters. The van der Waals surface area contributed by atoms with Crippen molar-refractivity contribution in [1.82, 2.24) is 10.6 Å². The number of hydrogen-bond acceptors (Lipinski definition) is 4. The molecule has 2 rings (SSSR count). The average Bonchev–Trinajstić information content (AvgIpc) is 2.52. The van der Waals surface area contributed by atoms with Crippen LogP contribution in [0.15, 0.2) is 24.3 Å². The number of rotatable bonds is 4. The van der Waals surface area contributed by atoms with E-state index in [0.29, 0.717) is 6.42 Å². The van der Waals surface area contributed by atoms with Gasteiger partial charge in [0.05, 0.1) is 11.7 Å². The summed E-state index contributed by atoms with van der Waals surface area (Å²) >= 11 is 0.